The topological polar surface area (TPSA) is 57.5 Å². The van der Waals surface area contributed by atoms with E-state index < -0.39 is 23.7 Å². The van der Waals surface area contributed by atoms with Crippen LogP contribution < -0.4 is 4.74 Å². The summed E-state index contributed by atoms with van der Waals surface area (Å²) in [6, 6.07) is 11.3. The fourth-order valence-corrected chi connectivity index (χ4v) is 3.05. The fourth-order valence-electron chi connectivity index (χ4n) is 3.05. The number of nitrogens with zero attached hydrogens (tertiary/aromatic N) is 1. The van der Waals surface area contributed by atoms with Crippen LogP contribution in [-0.4, -0.2) is 23.1 Å². The summed E-state index contributed by atoms with van der Waals surface area (Å²) in [6.45, 7) is 3.13. The van der Waals surface area contributed by atoms with E-state index in [0.717, 1.165) is 12.1 Å². The van der Waals surface area contributed by atoms with Gasteiger partial charge in [-0.2, -0.15) is 13.2 Å². The van der Waals surface area contributed by atoms with Crippen LogP contribution in [0.4, 0.5) is 13.2 Å². The first-order chi connectivity index (χ1) is 13.7. The van der Waals surface area contributed by atoms with Crippen molar-refractivity contribution in [3.05, 3.63) is 65.4 Å². The predicted octanol–water partition coefficient (Wildman–Crippen LogP) is 4.81. The van der Waals surface area contributed by atoms with Crippen LogP contribution in [0.2, 0.25) is 0 Å². The van der Waals surface area contributed by atoms with Crippen molar-refractivity contribution in [3.63, 3.8) is 0 Å². The van der Waals surface area contributed by atoms with Gasteiger partial charge in [0.25, 0.3) is 0 Å². The summed E-state index contributed by atoms with van der Waals surface area (Å²) in [5.41, 5.74) is 0.411. The van der Waals surface area contributed by atoms with E-state index in [0.29, 0.717) is 22.2 Å². The highest BCUT2D eigenvalue weighted by molar-refractivity contribution is 5.96. The molecular formula is C21H18F3NO4. The maximum atomic E-state index is 13.0. The molecule has 3 rings (SSSR count). The normalized spacial score (nSPS) is 11.5. The minimum atomic E-state index is -4.46. The number of carbonyl (C=O) groups excluding carboxylic acids is 2. The molecule has 0 fully saturated rings. The quantitative estimate of drug-likeness (QED) is 0.452. The van der Waals surface area contributed by atoms with E-state index in [1.165, 1.54) is 13.0 Å². The third-order valence-corrected chi connectivity index (χ3v) is 4.21. The Labute approximate surface area is 164 Å². The van der Waals surface area contributed by atoms with Crippen LogP contribution in [0.25, 0.3) is 10.9 Å². The van der Waals surface area contributed by atoms with Gasteiger partial charge in [0.15, 0.2) is 0 Å². The summed E-state index contributed by atoms with van der Waals surface area (Å²) in [6.07, 6.45) is -4.46. The van der Waals surface area contributed by atoms with E-state index in [1.54, 1.807) is 41.8 Å². The Balaban J connectivity index is 2.08. The van der Waals surface area contributed by atoms with E-state index in [-0.39, 0.29) is 18.8 Å². The summed E-state index contributed by atoms with van der Waals surface area (Å²) in [7, 11) is 0. The number of ether oxygens (including phenoxy) is 2. The van der Waals surface area contributed by atoms with E-state index >= 15 is 0 Å². The van der Waals surface area contributed by atoms with Crippen molar-refractivity contribution in [2.45, 2.75) is 26.6 Å². The fraction of sp³-hybridized carbons (Fsp3) is 0.238. The van der Waals surface area contributed by atoms with Gasteiger partial charge in [0.1, 0.15) is 11.4 Å². The molecule has 0 aliphatic heterocycles. The zero-order valence-corrected chi connectivity index (χ0v) is 15.7. The molecule has 8 heteroatoms. The lowest BCUT2D eigenvalue weighted by atomic mass is 10.1. The lowest BCUT2D eigenvalue weighted by Gasteiger charge is -2.13. The molecule has 0 saturated carbocycles. The monoisotopic (exact) mass is 405 g/mol. The molecule has 0 bridgehead atoms. The number of hydrogen-bond donors (Lipinski definition) is 0. The van der Waals surface area contributed by atoms with Crippen molar-refractivity contribution in [1.29, 1.82) is 0 Å². The van der Waals surface area contributed by atoms with Crippen molar-refractivity contribution in [3.8, 4) is 5.75 Å². The summed E-state index contributed by atoms with van der Waals surface area (Å²) in [5, 5.41) is 0.596. The zero-order chi connectivity index (χ0) is 21.2. The van der Waals surface area contributed by atoms with E-state index in [1.807, 2.05) is 0 Å². The molecule has 29 heavy (non-hydrogen) atoms. The average Bonchev–Trinajstić information content (AvgIpc) is 2.99. The number of fused-ring (bicyclic) bond motifs is 1. The second kappa shape index (κ2) is 7.98. The minimum absolute atomic E-state index is 0.0362. The van der Waals surface area contributed by atoms with Gasteiger partial charge in [-0.25, -0.2) is 4.79 Å². The Hall–Kier alpha value is -3.29. The first-order valence-electron chi connectivity index (χ1n) is 8.84. The highest BCUT2D eigenvalue weighted by Gasteiger charge is 2.30. The molecule has 2 aromatic carbocycles. The minimum Gasteiger partial charge on any atom is -0.461 e. The van der Waals surface area contributed by atoms with Gasteiger partial charge in [0.05, 0.1) is 12.2 Å². The Morgan fingerprint density at radius 1 is 1.07 bits per heavy atom. The molecule has 0 radical (unpaired) electrons. The molecule has 0 spiro atoms. The van der Waals surface area contributed by atoms with Crippen LogP contribution >= 0.6 is 0 Å². The van der Waals surface area contributed by atoms with Gasteiger partial charge in [-0.3, -0.25) is 4.79 Å². The lowest BCUT2D eigenvalue weighted by molar-refractivity contribution is -0.137. The number of carbonyl (C=O) groups is 2. The molecule has 3 aromatic rings. The lowest BCUT2D eigenvalue weighted by Crippen LogP contribution is -2.13. The second-order valence-corrected chi connectivity index (χ2v) is 6.35. The average molecular weight is 405 g/mol. The molecule has 1 aromatic heterocycles. The van der Waals surface area contributed by atoms with Crippen molar-refractivity contribution in [1.82, 2.24) is 4.57 Å². The maximum absolute atomic E-state index is 13.0. The Bertz CT molecular complexity index is 1070. The molecule has 0 N–H and O–H groups in total. The summed E-state index contributed by atoms with van der Waals surface area (Å²) < 4.78 is 50.8. The van der Waals surface area contributed by atoms with Gasteiger partial charge < -0.3 is 14.0 Å². The molecule has 0 atom stereocenters. The molecule has 5 nitrogen and oxygen atoms in total. The molecule has 152 valence electrons. The van der Waals surface area contributed by atoms with Gasteiger partial charge in [0, 0.05) is 24.4 Å². The number of hydrogen-bond acceptors (Lipinski definition) is 4. The number of esters is 2. The molecule has 0 aliphatic rings. The number of halogens is 3. The van der Waals surface area contributed by atoms with Crippen molar-refractivity contribution in [2.24, 2.45) is 0 Å². The van der Waals surface area contributed by atoms with Crippen molar-refractivity contribution < 1.29 is 32.2 Å². The van der Waals surface area contributed by atoms with Crippen LogP contribution in [0, 0.1) is 0 Å². The van der Waals surface area contributed by atoms with Crippen LogP contribution in [0.3, 0.4) is 0 Å². The van der Waals surface area contributed by atoms with Gasteiger partial charge in [-0.05, 0) is 48.9 Å². The van der Waals surface area contributed by atoms with Gasteiger partial charge in [-0.15, -0.1) is 0 Å². The smallest absolute Gasteiger partial charge is 0.416 e. The number of aromatic nitrogens is 1. The Morgan fingerprint density at radius 3 is 2.48 bits per heavy atom. The van der Waals surface area contributed by atoms with Crippen LogP contribution in [0.5, 0.6) is 5.75 Å². The summed E-state index contributed by atoms with van der Waals surface area (Å²) >= 11 is 0. The number of benzene rings is 2. The van der Waals surface area contributed by atoms with Gasteiger partial charge >= 0.3 is 18.1 Å². The standard InChI is InChI=1S/C21H18F3NO4/c1-3-28-20(27)19-11-15-10-17(29-13(2)26)7-8-18(15)25(19)12-14-5-4-6-16(9-14)21(22,23)24/h4-11H,3,12H2,1-2H3. The number of alkyl halides is 3. The van der Waals surface area contributed by atoms with Crippen LogP contribution in [0.15, 0.2) is 48.5 Å². The second-order valence-electron chi connectivity index (χ2n) is 6.35. The largest absolute Gasteiger partial charge is 0.461 e. The first-order valence-corrected chi connectivity index (χ1v) is 8.84. The maximum Gasteiger partial charge on any atom is 0.416 e. The summed E-state index contributed by atoms with van der Waals surface area (Å²) in [5.74, 6) is -0.778. The number of rotatable bonds is 5. The third kappa shape index (κ3) is 4.59. The van der Waals surface area contributed by atoms with Crippen LogP contribution in [-0.2, 0) is 22.3 Å². The zero-order valence-electron chi connectivity index (χ0n) is 15.7. The van der Waals surface area contributed by atoms with E-state index in [9.17, 15) is 22.8 Å². The Kier molecular flexibility index (Phi) is 5.63. The molecule has 0 saturated heterocycles. The van der Waals surface area contributed by atoms with Gasteiger partial charge in [0.2, 0.25) is 0 Å². The third-order valence-electron chi connectivity index (χ3n) is 4.21. The van der Waals surface area contributed by atoms with E-state index in [2.05, 4.69) is 0 Å². The highest BCUT2D eigenvalue weighted by atomic mass is 19.4. The molecule has 0 unspecified atom stereocenters. The SMILES string of the molecule is CCOC(=O)c1cc2cc(OC(C)=O)ccc2n1Cc1cccc(C(F)(F)F)c1. The molecule has 0 amide bonds. The molecule has 1 heterocycles. The van der Waals surface area contributed by atoms with Crippen molar-refractivity contribution in [2.75, 3.05) is 6.61 Å². The molecule has 0 aliphatic carbocycles. The highest BCUT2D eigenvalue weighted by Crippen LogP contribution is 2.31. The van der Waals surface area contributed by atoms with Crippen molar-refractivity contribution >= 4 is 22.8 Å². The summed E-state index contributed by atoms with van der Waals surface area (Å²) in [4.78, 5) is 23.6. The predicted molar refractivity (Wildman–Crippen MR) is 99.7 cm³/mol. The Morgan fingerprint density at radius 2 is 1.83 bits per heavy atom. The van der Waals surface area contributed by atoms with Gasteiger partial charge in [-0.1, -0.05) is 12.1 Å². The first kappa shape index (κ1) is 20.4. The van der Waals surface area contributed by atoms with Crippen LogP contribution in [0.1, 0.15) is 35.5 Å². The van der Waals surface area contributed by atoms with E-state index in [4.69, 9.17) is 9.47 Å². The molecular weight excluding hydrogens is 387 g/mol.